The maximum atomic E-state index is 13.7. The molecule has 0 fully saturated rings. The Kier molecular flexibility index (Phi) is 4.57. The van der Waals surface area contributed by atoms with Crippen LogP contribution in [0.5, 0.6) is 0 Å². The zero-order chi connectivity index (χ0) is 15.6. The van der Waals surface area contributed by atoms with Crippen molar-refractivity contribution < 1.29 is 9.31 Å². The Morgan fingerprint density at radius 1 is 1.29 bits per heavy atom. The summed E-state index contributed by atoms with van der Waals surface area (Å²) in [5.41, 5.74) is 1.74. The minimum absolute atomic E-state index is 0.0656. The Morgan fingerprint density at radius 2 is 2.00 bits per heavy atom. The molecular formula is C15H14BrFN2O2. The van der Waals surface area contributed by atoms with Crippen LogP contribution in [0.2, 0.25) is 0 Å². The van der Waals surface area contributed by atoms with Crippen LogP contribution in [0.3, 0.4) is 0 Å². The third-order valence-corrected chi connectivity index (χ3v) is 3.72. The van der Waals surface area contributed by atoms with Crippen LogP contribution >= 0.6 is 15.9 Å². The number of anilines is 1. The van der Waals surface area contributed by atoms with Gasteiger partial charge in [-0.3, -0.25) is 10.1 Å². The average molecular weight is 353 g/mol. The molecule has 0 bridgehead atoms. The van der Waals surface area contributed by atoms with Gasteiger partial charge < -0.3 is 5.32 Å². The van der Waals surface area contributed by atoms with Crippen molar-refractivity contribution in [2.75, 3.05) is 5.32 Å². The van der Waals surface area contributed by atoms with E-state index in [2.05, 4.69) is 21.2 Å². The third-order valence-electron chi connectivity index (χ3n) is 3.23. The van der Waals surface area contributed by atoms with E-state index in [4.69, 9.17) is 0 Å². The predicted octanol–water partition coefficient (Wildman–Crippen LogP) is 4.98. The quantitative estimate of drug-likeness (QED) is 0.623. The van der Waals surface area contributed by atoms with E-state index in [-0.39, 0.29) is 17.5 Å². The van der Waals surface area contributed by atoms with Gasteiger partial charge in [0.1, 0.15) is 5.82 Å². The van der Waals surface area contributed by atoms with Gasteiger partial charge in [0.25, 0.3) is 5.69 Å². The molecule has 2 aromatic rings. The zero-order valence-corrected chi connectivity index (χ0v) is 13.1. The molecule has 0 saturated carbocycles. The van der Waals surface area contributed by atoms with Crippen molar-refractivity contribution in [3.63, 3.8) is 0 Å². The zero-order valence-electron chi connectivity index (χ0n) is 11.6. The largest absolute Gasteiger partial charge is 0.376 e. The molecule has 110 valence electrons. The molecule has 2 rings (SSSR count). The fourth-order valence-corrected chi connectivity index (χ4v) is 2.38. The molecule has 1 N–H and O–H groups in total. The standard InChI is InChI=1S/C15H14BrFN2O2/c1-9-3-4-11(7-15(9)19(20)21)10(2)18-14-8-12(16)5-6-13(14)17/h3-8,10,18H,1-2H3. The maximum Gasteiger partial charge on any atom is 0.272 e. The topological polar surface area (TPSA) is 55.2 Å². The minimum atomic E-state index is -0.411. The molecule has 0 aliphatic rings. The monoisotopic (exact) mass is 352 g/mol. The predicted molar refractivity (Wildman–Crippen MR) is 84.0 cm³/mol. The summed E-state index contributed by atoms with van der Waals surface area (Å²) in [6, 6.07) is 9.36. The number of hydrogen-bond donors (Lipinski definition) is 1. The highest BCUT2D eigenvalue weighted by Gasteiger charge is 2.15. The summed E-state index contributed by atoms with van der Waals surface area (Å²) >= 11 is 3.29. The van der Waals surface area contributed by atoms with E-state index < -0.39 is 4.92 Å². The number of hydrogen-bond acceptors (Lipinski definition) is 3. The number of halogens is 2. The smallest absolute Gasteiger partial charge is 0.272 e. The van der Waals surface area contributed by atoms with E-state index in [1.165, 1.54) is 12.1 Å². The average Bonchev–Trinajstić information content (AvgIpc) is 2.43. The Balaban J connectivity index is 2.28. The van der Waals surface area contributed by atoms with Crippen LogP contribution in [-0.2, 0) is 0 Å². The van der Waals surface area contributed by atoms with Gasteiger partial charge in [0.15, 0.2) is 0 Å². The summed E-state index contributed by atoms with van der Waals surface area (Å²) in [6.07, 6.45) is 0. The van der Waals surface area contributed by atoms with Gasteiger partial charge in [-0.25, -0.2) is 4.39 Å². The number of aryl methyl sites for hydroxylation is 1. The first-order valence-corrected chi connectivity index (χ1v) is 7.14. The molecule has 0 saturated heterocycles. The molecule has 1 atom stereocenters. The van der Waals surface area contributed by atoms with Gasteiger partial charge in [-0.2, -0.15) is 0 Å². The molecule has 4 nitrogen and oxygen atoms in total. The maximum absolute atomic E-state index is 13.7. The lowest BCUT2D eigenvalue weighted by atomic mass is 10.0. The summed E-state index contributed by atoms with van der Waals surface area (Å²) in [6.45, 7) is 3.52. The van der Waals surface area contributed by atoms with Gasteiger partial charge >= 0.3 is 0 Å². The highest BCUT2D eigenvalue weighted by molar-refractivity contribution is 9.10. The first kappa shape index (κ1) is 15.4. The second-order valence-corrected chi connectivity index (χ2v) is 5.71. The molecule has 0 aliphatic heterocycles. The van der Waals surface area contributed by atoms with Crippen molar-refractivity contribution in [3.05, 3.63) is 67.9 Å². The van der Waals surface area contributed by atoms with Crippen LogP contribution in [-0.4, -0.2) is 4.92 Å². The highest BCUT2D eigenvalue weighted by atomic mass is 79.9. The van der Waals surface area contributed by atoms with Crippen LogP contribution in [0.1, 0.15) is 24.1 Å². The van der Waals surface area contributed by atoms with Crippen molar-refractivity contribution in [1.82, 2.24) is 0 Å². The summed E-state index contributed by atoms with van der Waals surface area (Å²) in [4.78, 5) is 10.6. The van der Waals surface area contributed by atoms with Crippen molar-refractivity contribution in [3.8, 4) is 0 Å². The molecule has 0 aliphatic carbocycles. The molecule has 0 radical (unpaired) electrons. The van der Waals surface area contributed by atoms with Crippen molar-refractivity contribution in [2.45, 2.75) is 19.9 Å². The SMILES string of the molecule is Cc1ccc(C(C)Nc2cc(Br)ccc2F)cc1[N+](=O)[O-]. The fraction of sp³-hybridized carbons (Fsp3) is 0.200. The molecule has 0 amide bonds. The van der Waals surface area contributed by atoms with E-state index in [1.807, 2.05) is 6.92 Å². The normalized spacial score (nSPS) is 12.0. The van der Waals surface area contributed by atoms with Crippen molar-refractivity contribution >= 4 is 27.3 Å². The number of nitro benzene ring substituents is 1. The second-order valence-electron chi connectivity index (χ2n) is 4.79. The van der Waals surface area contributed by atoms with Crippen LogP contribution in [0.15, 0.2) is 40.9 Å². The molecule has 0 spiro atoms. The van der Waals surface area contributed by atoms with Crippen molar-refractivity contribution in [2.24, 2.45) is 0 Å². The molecule has 1 unspecified atom stereocenters. The molecule has 0 heterocycles. The second kappa shape index (κ2) is 6.22. The fourth-order valence-electron chi connectivity index (χ4n) is 2.02. The van der Waals surface area contributed by atoms with Crippen LogP contribution in [0.25, 0.3) is 0 Å². The number of nitrogens with zero attached hydrogens (tertiary/aromatic N) is 1. The Labute approximate surface area is 130 Å². The summed E-state index contributed by atoms with van der Waals surface area (Å²) in [5.74, 6) is -0.369. The molecule has 21 heavy (non-hydrogen) atoms. The first-order valence-electron chi connectivity index (χ1n) is 6.35. The minimum Gasteiger partial charge on any atom is -0.376 e. The summed E-state index contributed by atoms with van der Waals surface area (Å²) in [5, 5.41) is 14.0. The van der Waals surface area contributed by atoms with Crippen LogP contribution in [0.4, 0.5) is 15.8 Å². The lowest BCUT2D eigenvalue weighted by molar-refractivity contribution is -0.385. The lowest BCUT2D eigenvalue weighted by Gasteiger charge is -2.16. The third kappa shape index (κ3) is 3.58. The number of nitrogens with one attached hydrogen (secondary N) is 1. The van der Waals surface area contributed by atoms with E-state index >= 15 is 0 Å². The first-order chi connectivity index (χ1) is 9.88. The number of benzene rings is 2. The number of rotatable bonds is 4. The van der Waals surface area contributed by atoms with E-state index in [0.29, 0.717) is 11.3 Å². The van der Waals surface area contributed by atoms with Gasteiger partial charge in [0.05, 0.1) is 10.6 Å². The molecule has 6 heteroatoms. The van der Waals surface area contributed by atoms with Crippen LogP contribution in [0, 0.1) is 22.9 Å². The van der Waals surface area contributed by atoms with Crippen LogP contribution < -0.4 is 5.32 Å². The lowest BCUT2D eigenvalue weighted by Crippen LogP contribution is -2.08. The van der Waals surface area contributed by atoms with Gasteiger partial charge in [0, 0.05) is 22.1 Å². The van der Waals surface area contributed by atoms with Gasteiger partial charge in [0.2, 0.25) is 0 Å². The Bertz CT molecular complexity index is 691. The van der Waals surface area contributed by atoms with E-state index in [9.17, 15) is 14.5 Å². The van der Waals surface area contributed by atoms with Crippen molar-refractivity contribution in [1.29, 1.82) is 0 Å². The van der Waals surface area contributed by atoms with E-state index in [1.54, 1.807) is 31.2 Å². The van der Waals surface area contributed by atoms with Gasteiger partial charge in [-0.05, 0) is 37.6 Å². The Morgan fingerprint density at radius 3 is 2.67 bits per heavy atom. The molecular weight excluding hydrogens is 339 g/mol. The van der Waals surface area contributed by atoms with E-state index in [0.717, 1.165) is 10.0 Å². The molecule has 2 aromatic carbocycles. The number of nitro groups is 1. The highest BCUT2D eigenvalue weighted by Crippen LogP contribution is 2.27. The Hall–Kier alpha value is -1.95. The summed E-state index contributed by atoms with van der Waals surface area (Å²) < 4.78 is 14.5. The van der Waals surface area contributed by atoms with Gasteiger partial charge in [-0.15, -0.1) is 0 Å². The molecule has 0 aromatic heterocycles. The van der Waals surface area contributed by atoms with Gasteiger partial charge in [-0.1, -0.05) is 28.1 Å². The summed E-state index contributed by atoms with van der Waals surface area (Å²) in [7, 11) is 0.